The van der Waals surface area contributed by atoms with E-state index in [9.17, 15) is 19.8 Å². The van der Waals surface area contributed by atoms with Crippen molar-refractivity contribution in [1.82, 2.24) is 5.48 Å². The summed E-state index contributed by atoms with van der Waals surface area (Å²) in [4.78, 5) is 29.4. The van der Waals surface area contributed by atoms with E-state index in [-0.39, 0.29) is 29.9 Å². The van der Waals surface area contributed by atoms with Gasteiger partial charge < -0.3 is 15.1 Å². The first-order valence-electron chi connectivity index (χ1n) is 12.1. The molecule has 1 aliphatic rings. The lowest BCUT2D eigenvalue weighted by Crippen LogP contribution is -2.26. The van der Waals surface area contributed by atoms with Gasteiger partial charge in [-0.2, -0.15) is 5.48 Å². The maximum atomic E-state index is 12.3. The molecule has 0 bridgehead atoms. The van der Waals surface area contributed by atoms with Gasteiger partial charge in [-0.15, -0.1) is 0 Å². The minimum absolute atomic E-state index is 0.116. The van der Waals surface area contributed by atoms with Gasteiger partial charge in [0.2, 0.25) is 0 Å². The number of carbonyl (C=O) groups is 2. The van der Waals surface area contributed by atoms with Gasteiger partial charge in [0.15, 0.2) is 5.75 Å². The second-order valence-electron chi connectivity index (χ2n) is 8.76. The molecule has 0 spiro atoms. The first kappa shape index (κ1) is 26.1. The van der Waals surface area contributed by atoms with Gasteiger partial charge in [-0.05, 0) is 31.4 Å². The van der Waals surface area contributed by atoms with Crippen molar-refractivity contribution < 1.29 is 24.6 Å². The van der Waals surface area contributed by atoms with E-state index in [4.69, 9.17) is 4.84 Å². The Hall–Kier alpha value is -2.18. The average Bonchev–Trinajstić information content (AvgIpc) is 3.06. The fourth-order valence-corrected chi connectivity index (χ4v) is 4.21. The van der Waals surface area contributed by atoms with Crippen molar-refractivity contribution in [2.45, 2.75) is 89.8 Å². The second kappa shape index (κ2) is 14.8. The molecule has 1 aliphatic carbocycles. The molecule has 0 unspecified atom stereocenters. The van der Waals surface area contributed by atoms with E-state index >= 15 is 0 Å². The Balaban J connectivity index is 1.62. The molecule has 1 aromatic carbocycles. The number of benzene rings is 1. The van der Waals surface area contributed by atoms with Gasteiger partial charge in [-0.1, -0.05) is 75.8 Å². The third-order valence-corrected chi connectivity index (χ3v) is 6.09. The topological polar surface area (TPSA) is 95.9 Å². The Bertz CT molecular complexity index is 705. The molecule has 4 atom stereocenters. The summed E-state index contributed by atoms with van der Waals surface area (Å²) in [6, 6.07) is 9.11. The highest BCUT2D eigenvalue weighted by Crippen LogP contribution is 2.34. The molecule has 0 radical (unpaired) electrons. The summed E-state index contributed by atoms with van der Waals surface area (Å²) in [7, 11) is 0. The standard InChI is InChI=1S/C26H39NO5/c1-2-3-7-12-20(28)17-18-23-22(24(29)19-25(23)30)15-10-4-5-11-16-26(31)27-32-21-13-8-6-9-14-21/h6,8-9,13-14,17-18,20,22-23,25,28,30H,2-5,7,10-12,15-16,19H2,1H3,(H,27,31)/b18-17+/t20-,22+,23+,25+/m0/s1. The summed E-state index contributed by atoms with van der Waals surface area (Å²) in [5, 5.41) is 20.4. The number of nitrogens with one attached hydrogen (secondary N) is 1. The van der Waals surface area contributed by atoms with Crippen LogP contribution in [0.5, 0.6) is 5.75 Å². The van der Waals surface area contributed by atoms with Gasteiger partial charge in [0, 0.05) is 24.7 Å². The van der Waals surface area contributed by atoms with Gasteiger partial charge in [-0.25, -0.2) is 0 Å². The van der Waals surface area contributed by atoms with Gasteiger partial charge in [0.25, 0.3) is 5.91 Å². The van der Waals surface area contributed by atoms with Crippen LogP contribution in [0.15, 0.2) is 42.5 Å². The number of para-hydroxylation sites is 1. The Morgan fingerprint density at radius 1 is 1.16 bits per heavy atom. The molecule has 0 saturated heterocycles. The quantitative estimate of drug-likeness (QED) is 0.210. The van der Waals surface area contributed by atoms with Gasteiger partial charge in [-0.3, -0.25) is 9.59 Å². The highest BCUT2D eigenvalue weighted by Gasteiger charge is 2.39. The summed E-state index contributed by atoms with van der Waals surface area (Å²) in [6.45, 7) is 2.13. The Kier molecular flexibility index (Phi) is 12.1. The maximum Gasteiger partial charge on any atom is 0.252 e. The minimum atomic E-state index is -0.653. The van der Waals surface area contributed by atoms with Crippen LogP contribution in [0.2, 0.25) is 0 Å². The molecule has 6 nitrogen and oxygen atoms in total. The van der Waals surface area contributed by atoms with Crippen LogP contribution in [0.25, 0.3) is 0 Å². The molecule has 0 aromatic heterocycles. The Labute approximate surface area is 192 Å². The predicted octanol–water partition coefficient (Wildman–Crippen LogP) is 4.50. The normalized spacial score (nSPS) is 21.7. The molecule has 32 heavy (non-hydrogen) atoms. The monoisotopic (exact) mass is 445 g/mol. The fraction of sp³-hybridized carbons (Fsp3) is 0.615. The summed E-state index contributed by atoms with van der Waals surface area (Å²) in [5.41, 5.74) is 2.45. The molecule has 6 heteroatoms. The number of amides is 1. The predicted molar refractivity (Wildman–Crippen MR) is 125 cm³/mol. The molecule has 0 heterocycles. The third-order valence-electron chi connectivity index (χ3n) is 6.09. The molecule has 0 aliphatic heterocycles. The number of hydrogen-bond acceptors (Lipinski definition) is 5. The van der Waals surface area contributed by atoms with Crippen molar-refractivity contribution in [2.75, 3.05) is 0 Å². The largest absolute Gasteiger partial charge is 0.392 e. The first-order chi connectivity index (χ1) is 15.5. The molecular weight excluding hydrogens is 406 g/mol. The van der Waals surface area contributed by atoms with Crippen molar-refractivity contribution in [2.24, 2.45) is 11.8 Å². The van der Waals surface area contributed by atoms with Gasteiger partial charge in [0.05, 0.1) is 12.2 Å². The van der Waals surface area contributed by atoms with Crippen LogP contribution < -0.4 is 10.3 Å². The van der Waals surface area contributed by atoms with Crippen LogP contribution in [0.3, 0.4) is 0 Å². The van der Waals surface area contributed by atoms with E-state index < -0.39 is 12.2 Å². The highest BCUT2D eigenvalue weighted by atomic mass is 16.7. The van der Waals surface area contributed by atoms with E-state index in [2.05, 4.69) is 12.4 Å². The molecular formula is C26H39NO5. The molecule has 1 amide bonds. The molecule has 178 valence electrons. The van der Waals surface area contributed by atoms with Crippen LogP contribution in [0, 0.1) is 11.8 Å². The Morgan fingerprint density at radius 3 is 2.66 bits per heavy atom. The minimum Gasteiger partial charge on any atom is -0.392 e. The van der Waals surface area contributed by atoms with Crippen LogP contribution in [0.4, 0.5) is 0 Å². The molecule has 2 rings (SSSR count). The zero-order chi connectivity index (χ0) is 23.2. The number of Topliss-reactive ketones (excluding diaryl/α,β-unsaturated/α-hetero) is 1. The fourth-order valence-electron chi connectivity index (χ4n) is 4.21. The molecule has 1 aromatic rings. The zero-order valence-electron chi connectivity index (χ0n) is 19.2. The maximum absolute atomic E-state index is 12.3. The molecule has 1 saturated carbocycles. The zero-order valence-corrected chi connectivity index (χ0v) is 19.2. The van der Waals surface area contributed by atoms with Crippen molar-refractivity contribution in [3.8, 4) is 5.75 Å². The average molecular weight is 446 g/mol. The van der Waals surface area contributed by atoms with Crippen LogP contribution in [0.1, 0.15) is 77.6 Å². The lowest BCUT2D eigenvalue weighted by atomic mass is 9.88. The van der Waals surface area contributed by atoms with E-state index in [1.807, 2.05) is 24.3 Å². The SMILES string of the molecule is CCCCC[C@H](O)/C=C/[C@H]1[C@H](O)CC(=O)[C@@H]1CCCCCCC(=O)NOc1ccccc1. The van der Waals surface area contributed by atoms with Gasteiger partial charge in [0.1, 0.15) is 5.78 Å². The number of aliphatic hydroxyl groups excluding tert-OH is 2. The van der Waals surface area contributed by atoms with E-state index in [0.29, 0.717) is 12.2 Å². The lowest BCUT2D eigenvalue weighted by molar-refractivity contribution is -0.127. The highest BCUT2D eigenvalue weighted by molar-refractivity contribution is 5.84. The number of unbranched alkanes of at least 4 members (excludes halogenated alkanes) is 5. The van der Waals surface area contributed by atoms with Gasteiger partial charge >= 0.3 is 0 Å². The number of ketones is 1. The van der Waals surface area contributed by atoms with Crippen LogP contribution in [-0.4, -0.2) is 34.1 Å². The number of hydroxylamine groups is 1. The van der Waals surface area contributed by atoms with Crippen molar-refractivity contribution in [3.05, 3.63) is 42.5 Å². The Morgan fingerprint density at radius 2 is 1.91 bits per heavy atom. The number of hydrogen-bond donors (Lipinski definition) is 3. The lowest BCUT2D eigenvalue weighted by Gasteiger charge is -2.18. The van der Waals surface area contributed by atoms with Crippen LogP contribution in [-0.2, 0) is 9.59 Å². The number of aliphatic hydroxyl groups is 2. The van der Waals surface area contributed by atoms with Crippen molar-refractivity contribution in [1.29, 1.82) is 0 Å². The smallest absolute Gasteiger partial charge is 0.252 e. The molecule has 1 fully saturated rings. The summed E-state index contributed by atoms with van der Waals surface area (Å²) in [6.07, 6.45) is 11.2. The second-order valence-corrected chi connectivity index (χ2v) is 8.76. The summed E-state index contributed by atoms with van der Waals surface area (Å²) in [5.74, 6) is 0.188. The van der Waals surface area contributed by atoms with E-state index in [1.165, 1.54) is 0 Å². The number of rotatable bonds is 15. The van der Waals surface area contributed by atoms with Crippen molar-refractivity contribution in [3.63, 3.8) is 0 Å². The van der Waals surface area contributed by atoms with Crippen LogP contribution >= 0.6 is 0 Å². The van der Waals surface area contributed by atoms with Crippen molar-refractivity contribution >= 4 is 11.7 Å². The summed E-state index contributed by atoms with van der Waals surface area (Å²) >= 11 is 0. The first-order valence-corrected chi connectivity index (χ1v) is 12.1. The summed E-state index contributed by atoms with van der Waals surface area (Å²) < 4.78 is 0. The van der Waals surface area contributed by atoms with E-state index in [1.54, 1.807) is 18.2 Å². The number of carbonyl (C=O) groups excluding carboxylic acids is 2. The third kappa shape index (κ3) is 9.53. The molecule has 3 N–H and O–H groups in total. The van der Waals surface area contributed by atoms with E-state index in [0.717, 1.165) is 57.8 Å².